The molecule has 2 bridgehead atoms. The summed E-state index contributed by atoms with van der Waals surface area (Å²) in [5.74, 6) is 0.688. The van der Waals surface area contributed by atoms with Crippen molar-refractivity contribution in [2.24, 2.45) is 17.3 Å². The van der Waals surface area contributed by atoms with Gasteiger partial charge in [-0.05, 0) is 50.0 Å². The zero-order valence-electron chi connectivity index (χ0n) is 20.5. The Balaban J connectivity index is 1.66. The molecule has 0 radical (unpaired) electrons. The summed E-state index contributed by atoms with van der Waals surface area (Å²) in [5, 5.41) is 10.5. The topological polar surface area (TPSA) is 55.8 Å². The van der Waals surface area contributed by atoms with Gasteiger partial charge >= 0.3 is 5.97 Å². The van der Waals surface area contributed by atoms with E-state index in [9.17, 15) is 9.90 Å². The van der Waals surface area contributed by atoms with Crippen molar-refractivity contribution in [1.29, 1.82) is 0 Å². The van der Waals surface area contributed by atoms with Crippen LogP contribution in [0.25, 0.3) is 0 Å². The lowest BCUT2D eigenvalue weighted by Crippen LogP contribution is -2.37. The van der Waals surface area contributed by atoms with Crippen LogP contribution in [0.1, 0.15) is 70.3 Å². The van der Waals surface area contributed by atoms with Gasteiger partial charge in [0.1, 0.15) is 0 Å². The highest BCUT2D eigenvalue weighted by atomic mass is 16.5. The van der Waals surface area contributed by atoms with Crippen molar-refractivity contribution in [3.8, 4) is 0 Å². The van der Waals surface area contributed by atoms with Gasteiger partial charge in [-0.15, -0.1) is 0 Å². The number of rotatable bonds is 14. The highest BCUT2D eigenvalue weighted by Gasteiger charge is 2.57. The molecule has 1 saturated carbocycles. The smallest absolute Gasteiger partial charge is 0.305 e. The Morgan fingerprint density at radius 2 is 2.06 bits per heavy atom. The van der Waals surface area contributed by atoms with E-state index in [1.807, 2.05) is 6.08 Å². The van der Waals surface area contributed by atoms with Crippen LogP contribution in [0.5, 0.6) is 0 Å². The first-order chi connectivity index (χ1) is 16.1. The summed E-state index contributed by atoms with van der Waals surface area (Å²) in [4.78, 5) is 11.3. The third-order valence-electron chi connectivity index (χ3n) is 7.47. The Morgan fingerprint density at radius 1 is 1.24 bits per heavy atom. The van der Waals surface area contributed by atoms with Gasteiger partial charge in [0.25, 0.3) is 0 Å². The van der Waals surface area contributed by atoms with Crippen molar-refractivity contribution >= 4 is 5.97 Å². The van der Waals surface area contributed by atoms with Gasteiger partial charge in [0.05, 0.1) is 25.9 Å². The van der Waals surface area contributed by atoms with Crippen molar-refractivity contribution in [3.63, 3.8) is 0 Å². The van der Waals surface area contributed by atoms with Crippen LogP contribution in [0.3, 0.4) is 0 Å². The molecule has 1 saturated heterocycles. The molecule has 1 heterocycles. The van der Waals surface area contributed by atoms with E-state index in [2.05, 4.69) is 55.5 Å². The molecule has 182 valence electrons. The molecule has 5 atom stereocenters. The number of esters is 1. The first kappa shape index (κ1) is 25.7. The van der Waals surface area contributed by atoms with Crippen LogP contribution in [0.4, 0.5) is 0 Å². The first-order valence-corrected chi connectivity index (χ1v) is 12.8. The van der Waals surface area contributed by atoms with E-state index in [1.54, 1.807) is 0 Å². The molecule has 4 heteroatoms. The van der Waals surface area contributed by atoms with Gasteiger partial charge in [-0.1, -0.05) is 80.8 Å². The van der Waals surface area contributed by atoms with Crippen LogP contribution in [-0.4, -0.2) is 37.0 Å². The average Bonchev–Trinajstić information content (AvgIpc) is 3.36. The number of aliphatic hydroxyl groups is 1. The second kappa shape index (κ2) is 13.1. The maximum Gasteiger partial charge on any atom is 0.305 e. The molecule has 1 N–H and O–H groups in total. The molecular weight excluding hydrogens is 412 g/mol. The van der Waals surface area contributed by atoms with Crippen LogP contribution < -0.4 is 0 Å². The predicted molar refractivity (Wildman–Crippen MR) is 133 cm³/mol. The summed E-state index contributed by atoms with van der Waals surface area (Å²) < 4.78 is 11.0. The van der Waals surface area contributed by atoms with Gasteiger partial charge in [-0.25, -0.2) is 0 Å². The van der Waals surface area contributed by atoms with Gasteiger partial charge in [0, 0.05) is 17.8 Å². The van der Waals surface area contributed by atoms with Crippen LogP contribution in [-0.2, 0) is 20.7 Å². The van der Waals surface area contributed by atoms with E-state index in [0.29, 0.717) is 18.3 Å². The van der Waals surface area contributed by atoms with E-state index in [0.717, 1.165) is 51.6 Å². The molecule has 0 unspecified atom stereocenters. The number of allylic oxidation sites excluding steroid dienone is 2. The van der Waals surface area contributed by atoms with Gasteiger partial charge in [0.2, 0.25) is 0 Å². The van der Waals surface area contributed by atoms with Crippen LogP contribution >= 0.6 is 0 Å². The number of hydrogen-bond donors (Lipinski definition) is 1. The summed E-state index contributed by atoms with van der Waals surface area (Å²) in [5.41, 5.74) is 1.52. The highest BCUT2D eigenvalue weighted by molar-refractivity contribution is 5.69. The zero-order valence-corrected chi connectivity index (χ0v) is 20.5. The maximum atomic E-state index is 11.3. The number of carbonyl (C=O) groups excluding carboxylic acids is 1. The fourth-order valence-electron chi connectivity index (χ4n) is 5.67. The number of methoxy groups -OCH3 is 1. The molecule has 2 fully saturated rings. The Kier molecular flexibility index (Phi) is 10.2. The molecule has 1 aliphatic heterocycles. The number of aliphatic hydroxyl groups excluding tert-OH is 1. The van der Waals surface area contributed by atoms with Gasteiger partial charge < -0.3 is 14.6 Å². The second-order valence-electron chi connectivity index (χ2n) is 9.89. The minimum atomic E-state index is -0.365. The molecule has 0 aromatic heterocycles. The molecule has 4 nitrogen and oxygen atoms in total. The SMILES string of the molecule is CCCCC[C@@H](O)C=C[C@@H]1[C@@H](CC=CCCCC(=O)OC)[C@@]2(Cc3ccccc3)CO[C@@H]1C2. The Morgan fingerprint density at radius 3 is 2.82 bits per heavy atom. The normalized spacial score (nSPS) is 27.5. The molecule has 1 aliphatic carbocycles. The lowest BCUT2D eigenvalue weighted by Gasteiger charge is -2.38. The van der Waals surface area contributed by atoms with Crippen molar-refractivity contribution in [2.75, 3.05) is 13.7 Å². The molecule has 0 spiro atoms. The van der Waals surface area contributed by atoms with Crippen LogP contribution in [0.2, 0.25) is 0 Å². The highest BCUT2D eigenvalue weighted by Crippen LogP contribution is 2.57. The fourth-order valence-corrected chi connectivity index (χ4v) is 5.67. The van der Waals surface area contributed by atoms with E-state index < -0.39 is 0 Å². The van der Waals surface area contributed by atoms with Crippen molar-refractivity contribution in [1.82, 2.24) is 0 Å². The molecule has 33 heavy (non-hydrogen) atoms. The number of hydrogen-bond acceptors (Lipinski definition) is 4. The number of carbonyl (C=O) groups is 1. The third kappa shape index (κ3) is 7.28. The van der Waals surface area contributed by atoms with E-state index in [1.165, 1.54) is 25.5 Å². The standard InChI is InChI=1S/C29H42O4/c1-3-4-8-15-24(30)18-19-25-26(16-11-5-6-12-17-28(31)32-2)29(21-27(25)33-22-29)20-23-13-9-7-10-14-23/h5,7,9-11,13-14,18-19,24-27,30H,3-4,6,8,12,15-17,20-22H2,1-2H3/t24-,25-,26-,27-,29-/m1/s1. The minimum absolute atomic E-state index is 0.141. The lowest BCUT2D eigenvalue weighted by atomic mass is 9.70. The number of fused-ring (bicyclic) bond motifs is 2. The van der Waals surface area contributed by atoms with Gasteiger partial charge in [-0.3, -0.25) is 4.79 Å². The molecule has 0 amide bonds. The number of benzene rings is 1. The largest absolute Gasteiger partial charge is 0.469 e. The summed E-state index contributed by atoms with van der Waals surface area (Å²) in [6.45, 7) is 3.01. The molecule has 1 aromatic carbocycles. The molecule has 1 aromatic rings. The summed E-state index contributed by atoms with van der Waals surface area (Å²) in [7, 11) is 1.44. The quantitative estimate of drug-likeness (QED) is 0.212. The van der Waals surface area contributed by atoms with Crippen LogP contribution in [0, 0.1) is 17.3 Å². The zero-order chi connectivity index (χ0) is 23.5. The fraction of sp³-hybridized carbons (Fsp3) is 0.621. The van der Waals surface area contributed by atoms with Crippen LogP contribution in [0.15, 0.2) is 54.6 Å². The molecular formula is C29H42O4. The van der Waals surface area contributed by atoms with E-state index in [4.69, 9.17) is 9.47 Å². The lowest BCUT2D eigenvalue weighted by molar-refractivity contribution is -0.140. The average molecular weight is 455 g/mol. The van der Waals surface area contributed by atoms with Gasteiger partial charge in [-0.2, -0.15) is 0 Å². The van der Waals surface area contributed by atoms with Crippen molar-refractivity contribution in [2.45, 2.75) is 83.3 Å². The summed E-state index contributed by atoms with van der Waals surface area (Å²) >= 11 is 0. The Bertz CT molecular complexity index is 771. The predicted octanol–water partition coefficient (Wildman–Crippen LogP) is 6.04. The van der Waals surface area contributed by atoms with E-state index >= 15 is 0 Å². The summed E-state index contributed by atoms with van der Waals surface area (Å²) in [6.07, 6.45) is 18.2. The van der Waals surface area contributed by atoms with E-state index in [-0.39, 0.29) is 23.6 Å². The molecule has 3 rings (SSSR count). The first-order valence-electron chi connectivity index (χ1n) is 12.8. The minimum Gasteiger partial charge on any atom is -0.469 e. The second-order valence-corrected chi connectivity index (χ2v) is 9.89. The van der Waals surface area contributed by atoms with Crippen molar-refractivity contribution < 1.29 is 19.4 Å². The maximum absolute atomic E-state index is 11.3. The number of unbranched alkanes of at least 4 members (excludes halogenated alkanes) is 3. The number of ether oxygens (including phenoxy) is 2. The van der Waals surface area contributed by atoms with Crippen molar-refractivity contribution in [3.05, 3.63) is 60.2 Å². The Labute approximate surface area is 200 Å². The Hall–Kier alpha value is -1.91. The monoisotopic (exact) mass is 454 g/mol. The summed E-state index contributed by atoms with van der Waals surface area (Å²) in [6, 6.07) is 10.8. The third-order valence-corrected chi connectivity index (χ3v) is 7.47. The molecule has 2 aliphatic rings. The van der Waals surface area contributed by atoms with Gasteiger partial charge in [0.15, 0.2) is 0 Å².